The van der Waals surface area contributed by atoms with E-state index in [-0.39, 0.29) is 6.54 Å². The molecule has 14 heavy (non-hydrogen) atoms. The van der Waals surface area contributed by atoms with Gasteiger partial charge in [-0.25, -0.2) is 0 Å². The van der Waals surface area contributed by atoms with Crippen LogP contribution in [0.2, 0.25) is 0 Å². The van der Waals surface area contributed by atoms with Gasteiger partial charge >= 0.3 is 5.97 Å². The number of carboxylic acids is 1. The third-order valence-electron chi connectivity index (χ3n) is 2.52. The maximum Gasteiger partial charge on any atom is 0.317 e. The first kappa shape index (κ1) is 11.5. The highest BCUT2D eigenvalue weighted by atomic mass is 16.5. The Morgan fingerprint density at radius 2 is 2.21 bits per heavy atom. The number of hydrogen-bond acceptors (Lipinski definition) is 3. The van der Waals surface area contributed by atoms with Crippen LogP contribution in [0.5, 0.6) is 0 Å². The molecular formula is C10H19NO3. The summed E-state index contributed by atoms with van der Waals surface area (Å²) in [6.07, 6.45) is 3.79. The molecule has 0 aromatic carbocycles. The van der Waals surface area contributed by atoms with Gasteiger partial charge in [0.15, 0.2) is 0 Å². The van der Waals surface area contributed by atoms with E-state index in [1.54, 1.807) is 7.11 Å². The summed E-state index contributed by atoms with van der Waals surface area (Å²) < 4.78 is 4.94. The molecule has 1 aliphatic rings. The summed E-state index contributed by atoms with van der Waals surface area (Å²) >= 11 is 0. The van der Waals surface area contributed by atoms with Crippen LogP contribution in [0.15, 0.2) is 0 Å². The number of hydrogen-bond donors (Lipinski definition) is 1. The lowest BCUT2D eigenvalue weighted by Crippen LogP contribution is -2.33. The monoisotopic (exact) mass is 201 g/mol. The van der Waals surface area contributed by atoms with Crippen molar-refractivity contribution < 1.29 is 14.6 Å². The average molecular weight is 201 g/mol. The van der Waals surface area contributed by atoms with Gasteiger partial charge in [-0.05, 0) is 18.9 Å². The quantitative estimate of drug-likeness (QED) is 0.631. The molecule has 0 aliphatic heterocycles. The highest BCUT2D eigenvalue weighted by Crippen LogP contribution is 2.32. The first-order valence-corrected chi connectivity index (χ1v) is 5.15. The van der Waals surface area contributed by atoms with Gasteiger partial charge < -0.3 is 9.84 Å². The van der Waals surface area contributed by atoms with Crippen LogP contribution in [-0.2, 0) is 9.53 Å². The van der Waals surface area contributed by atoms with Crippen molar-refractivity contribution >= 4 is 5.97 Å². The van der Waals surface area contributed by atoms with Crippen molar-refractivity contribution in [3.63, 3.8) is 0 Å². The van der Waals surface area contributed by atoms with E-state index in [0.29, 0.717) is 6.61 Å². The van der Waals surface area contributed by atoms with Gasteiger partial charge in [0.05, 0.1) is 13.2 Å². The van der Waals surface area contributed by atoms with Crippen molar-refractivity contribution in [2.24, 2.45) is 5.92 Å². The zero-order chi connectivity index (χ0) is 10.4. The zero-order valence-corrected chi connectivity index (χ0v) is 8.74. The molecule has 1 aliphatic carbocycles. The van der Waals surface area contributed by atoms with Crippen molar-refractivity contribution in [3.8, 4) is 0 Å². The fourth-order valence-corrected chi connectivity index (χ4v) is 1.45. The second-order valence-corrected chi connectivity index (χ2v) is 3.89. The molecule has 1 fully saturated rings. The molecule has 4 nitrogen and oxygen atoms in total. The molecule has 1 N–H and O–H groups in total. The second-order valence-electron chi connectivity index (χ2n) is 3.89. The maximum absolute atomic E-state index is 10.6. The molecule has 0 heterocycles. The molecule has 0 aromatic heterocycles. The van der Waals surface area contributed by atoms with E-state index in [1.807, 2.05) is 4.90 Å². The van der Waals surface area contributed by atoms with E-state index in [9.17, 15) is 4.79 Å². The smallest absolute Gasteiger partial charge is 0.317 e. The largest absolute Gasteiger partial charge is 0.480 e. The highest BCUT2D eigenvalue weighted by molar-refractivity contribution is 5.69. The van der Waals surface area contributed by atoms with Gasteiger partial charge in [-0.3, -0.25) is 9.69 Å². The van der Waals surface area contributed by atoms with Crippen LogP contribution < -0.4 is 0 Å². The van der Waals surface area contributed by atoms with E-state index in [0.717, 1.165) is 25.4 Å². The number of methoxy groups -OCH3 is 1. The highest BCUT2D eigenvalue weighted by Gasteiger charge is 2.22. The van der Waals surface area contributed by atoms with Crippen molar-refractivity contribution in [3.05, 3.63) is 0 Å². The molecular weight excluding hydrogens is 182 g/mol. The van der Waals surface area contributed by atoms with Crippen LogP contribution in [0.25, 0.3) is 0 Å². The summed E-state index contributed by atoms with van der Waals surface area (Å²) in [6, 6.07) is 0. The first-order valence-electron chi connectivity index (χ1n) is 5.15. The third-order valence-corrected chi connectivity index (χ3v) is 2.52. The van der Waals surface area contributed by atoms with Crippen LogP contribution in [0.1, 0.15) is 19.3 Å². The Hall–Kier alpha value is -0.610. The van der Waals surface area contributed by atoms with Crippen molar-refractivity contribution in [1.29, 1.82) is 0 Å². The van der Waals surface area contributed by atoms with Gasteiger partial charge in [0.1, 0.15) is 0 Å². The predicted molar refractivity (Wildman–Crippen MR) is 53.3 cm³/mol. The fraction of sp³-hybridized carbons (Fsp3) is 0.900. The van der Waals surface area contributed by atoms with Crippen molar-refractivity contribution in [2.45, 2.75) is 19.3 Å². The molecule has 0 unspecified atom stereocenters. The molecule has 1 rings (SSSR count). The van der Waals surface area contributed by atoms with E-state index >= 15 is 0 Å². The zero-order valence-electron chi connectivity index (χ0n) is 8.74. The number of aliphatic carboxylic acids is 1. The van der Waals surface area contributed by atoms with Gasteiger partial charge in [-0.2, -0.15) is 0 Å². The standard InChI is InChI=1S/C10H19NO3/c1-14-7-6-11(8-10(12)13)5-4-9-2-3-9/h9H,2-8H2,1H3,(H,12,13). The average Bonchev–Trinajstić information content (AvgIpc) is 2.92. The first-order chi connectivity index (χ1) is 6.72. The minimum absolute atomic E-state index is 0.135. The molecule has 0 bridgehead atoms. The van der Waals surface area contributed by atoms with Gasteiger partial charge in [-0.1, -0.05) is 12.8 Å². The van der Waals surface area contributed by atoms with Crippen LogP contribution in [0, 0.1) is 5.92 Å². The Morgan fingerprint density at radius 3 is 2.71 bits per heavy atom. The Morgan fingerprint density at radius 1 is 1.50 bits per heavy atom. The number of ether oxygens (including phenoxy) is 1. The lowest BCUT2D eigenvalue weighted by atomic mass is 10.2. The SMILES string of the molecule is COCCN(CCC1CC1)CC(=O)O. The summed E-state index contributed by atoms with van der Waals surface area (Å²) in [5.41, 5.74) is 0. The predicted octanol–water partition coefficient (Wildman–Crippen LogP) is 0.820. The summed E-state index contributed by atoms with van der Waals surface area (Å²) in [4.78, 5) is 12.5. The van der Waals surface area contributed by atoms with E-state index < -0.39 is 5.97 Å². The topological polar surface area (TPSA) is 49.8 Å². The van der Waals surface area contributed by atoms with Crippen LogP contribution in [0.3, 0.4) is 0 Å². The Bertz CT molecular complexity index is 180. The van der Waals surface area contributed by atoms with Crippen LogP contribution >= 0.6 is 0 Å². The Labute approximate surface area is 84.8 Å². The van der Waals surface area contributed by atoms with Gasteiger partial charge in [0.25, 0.3) is 0 Å². The molecule has 0 saturated heterocycles. The van der Waals surface area contributed by atoms with Crippen LogP contribution in [0.4, 0.5) is 0 Å². The number of nitrogens with zero attached hydrogens (tertiary/aromatic N) is 1. The number of carbonyl (C=O) groups is 1. The van der Waals surface area contributed by atoms with Gasteiger partial charge in [0, 0.05) is 13.7 Å². The summed E-state index contributed by atoms with van der Waals surface area (Å²) in [6.45, 7) is 2.35. The number of carboxylic acid groups (broad SMARTS) is 1. The summed E-state index contributed by atoms with van der Waals surface area (Å²) in [5, 5.41) is 8.68. The number of rotatable bonds is 8. The lowest BCUT2D eigenvalue weighted by molar-refractivity contribution is -0.138. The van der Waals surface area contributed by atoms with Crippen molar-refractivity contribution in [1.82, 2.24) is 4.90 Å². The second kappa shape index (κ2) is 5.98. The molecule has 0 amide bonds. The molecule has 0 aromatic rings. The van der Waals surface area contributed by atoms with Gasteiger partial charge in [0.2, 0.25) is 0 Å². The van der Waals surface area contributed by atoms with Gasteiger partial charge in [-0.15, -0.1) is 0 Å². The normalized spacial score (nSPS) is 16.1. The molecule has 4 heteroatoms. The fourth-order valence-electron chi connectivity index (χ4n) is 1.45. The third kappa shape index (κ3) is 5.19. The van der Waals surface area contributed by atoms with Crippen molar-refractivity contribution in [2.75, 3.05) is 33.4 Å². The van der Waals surface area contributed by atoms with E-state index in [1.165, 1.54) is 12.8 Å². The van der Waals surface area contributed by atoms with Crippen LogP contribution in [-0.4, -0.2) is 49.3 Å². The molecule has 0 radical (unpaired) electrons. The minimum Gasteiger partial charge on any atom is -0.480 e. The Kier molecular flexibility index (Phi) is 4.90. The molecule has 1 saturated carbocycles. The summed E-state index contributed by atoms with van der Waals surface area (Å²) in [7, 11) is 1.64. The molecule has 0 spiro atoms. The maximum atomic E-state index is 10.6. The van der Waals surface area contributed by atoms with E-state index in [2.05, 4.69) is 0 Å². The minimum atomic E-state index is -0.753. The molecule has 0 atom stereocenters. The van der Waals surface area contributed by atoms with E-state index in [4.69, 9.17) is 9.84 Å². The lowest BCUT2D eigenvalue weighted by Gasteiger charge is -2.19. The molecule has 82 valence electrons. The summed E-state index contributed by atoms with van der Waals surface area (Å²) in [5.74, 6) is 0.103. The Balaban J connectivity index is 2.15.